The van der Waals surface area contributed by atoms with Gasteiger partial charge in [0, 0.05) is 23.2 Å². The maximum Gasteiger partial charge on any atom is 0.0925 e. The lowest BCUT2D eigenvalue weighted by molar-refractivity contribution is 0.120. The minimum Gasteiger partial charge on any atom is -0.394 e. The van der Waals surface area contributed by atoms with Crippen LogP contribution in [0.4, 0.5) is 0 Å². The summed E-state index contributed by atoms with van der Waals surface area (Å²) in [5, 5.41) is 14.4. The summed E-state index contributed by atoms with van der Waals surface area (Å²) in [5.41, 5.74) is -0.0331. The quantitative estimate of drug-likeness (QED) is 0.848. The van der Waals surface area contributed by atoms with Gasteiger partial charge >= 0.3 is 0 Å². The summed E-state index contributed by atoms with van der Waals surface area (Å²) in [6.07, 6.45) is 8.95. The molecule has 1 aromatic heterocycles. The maximum absolute atomic E-state index is 9.60. The average molecular weight is 254 g/mol. The Kier molecular flexibility index (Phi) is 4.54. The van der Waals surface area contributed by atoms with Crippen molar-refractivity contribution in [2.75, 3.05) is 6.61 Å². The molecule has 0 aliphatic heterocycles. The molecule has 0 bridgehead atoms. The first-order valence-corrected chi connectivity index (χ1v) is 7.39. The Morgan fingerprint density at radius 3 is 2.76 bits per heavy atom. The number of aromatic nitrogens is 1. The topological polar surface area (TPSA) is 45.2 Å². The van der Waals surface area contributed by atoms with Crippen LogP contribution in [0.1, 0.15) is 48.9 Å². The molecule has 1 fully saturated rings. The maximum atomic E-state index is 9.60. The normalized spacial score (nSPS) is 19.4. The van der Waals surface area contributed by atoms with Gasteiger partial charge in [0.1, 0.15) is 0 Å². The Balaban J connectivity index is 1.90. The molecule has 17 heavy (non-hydrogen) atoms. The highest BCUT2D eigenvalue weighted by atomic mass is 32.1. The highest BCUT2D eigenvalue weighted by Crippen LogP contribution is 2.28. The van der Waals surface area contributed by atoms with Crippen molar-refractivity contribution in [3.8, 4) is 0 Å². The van der Waals surface area contributed by atoms with Crippen LogP contribution in [0.5, 0.6) is 0 Å². The zero-order valence-electron chi connectivity index (χ0n) is 10.5. The predicted molar refractivity (Wildman–Crippen MR) is 71.2 cm³/mol. The standard InChI is InChI=1S/C13H22N2OS/c1-2-12-14-8-11(17-12)9-15-13(10-16)6-4-3-5-7-13/h8,15-16H,2-7,9-10H2,1H3. The summed E-state index contributed by atoms with van der Waals surface area (Å²) in [7, 11) is 0. The second kappa shape index (κ2) is 5.94. The van der Waals surface area contributed by atoms with Crippen LogP contribution >= 0.6 is 11.3 Å². The van der Waals surface area contributed by atoms with E-state index >= 15 is 0 Å². The van der Waals surface area contributed by atoms with E-state index < -0.39 is 0 Å². The summed E-state index contributed by atoms with van der Waals surface area (Å²) in [6, 6.07) is 0. The van der Waals surface area contributed by atoms with E-state index in [1.54, 1.807) is 11.3 Å². The summed E-state index contributed by atoms with van der Waals surface area (Å²) in [6.45, 7) is 3.23. The molecule has 0 atom stereocenters. The summed E-state index contributed by atoms with van der Waals surface area (Å²) in [4.78, 5) is 5.64. The molecule has 0 radical (unpaired) electrons. The van der Waals surface area contributed by atoms with Crippen molar-refractivity contribution >= 4 is 11.3 Å². The van der Waals surface area contributed by atoms with Gasteiger partial charge in [-0.05, 0) is 19.3 Å². The molecule has 1 saturated carbocycles. The molecule has 96 valence electrons. The zero-order valence-corrected chi connectivity index (χ0v) is 11.4. The number of nitrogens with zero attached hydrogens (tertiary/aromatic N) is 1. The molecule has 1 aromatic rings. The fourth-order valence-electron chi connectivity index (χ4n) is 2.49. The van der Waals surface area contributed by atoms with Crippen LogP contribution in [-0.4, -0.2) is 22.2 Å². The minimum atomic E-state index is -0.0331. The number of rotatable bonds is 5. The lowest BCUT2D eigenvalue weighted by atomic mass is 9.82. The first-order valence-electron chi connectivity index (χ1n) is 6.57. The Morgan fingerprint density at radius 1 is 1.41 bits per heavy atom. The van der Waals surface area contributed by atoms with Gasteiger partial charge in [-0.2, -0.15) is 0 Å². The van der Waals surface area contributed by atoms with Gasteiger partial charge < -0.3 is 10.4 Å². The van der Waals surface area contributed by atoms with Crippen molar-refractivity contribution in [3.63, 3.8) is 0 Å². The first kappa shape index (κ1) is 13.0. The lowest BCUT2D eigenvalue weighted by Crippen LogP contribution is -2.49. The van der Waals surface area contributed by atoms with E-state index in [0.29, 0.717) is 0 Å². The molecule has 0 unspecified atom stereocenters. The largest absolute Gasteiger partial charge is 0.394 e. The molecule has 2 rings (SSSR count). The van der Waals surface area contributed by atoms with E-state index in [-0.39, 0.29) is 12.1 Å². The van der Waals surface area contributed by atoms with Gasteiger partial charge in [0.25, 0.3) is 0 Å². The number of aryl methyl sites for hydroxylation is 1. The van der Waals surface area contributed by atoms with Gasteiger partial charge in [-0.15, -0.1) is 11.3 Å². The third-order valence-electron chi connectivity index (χ3n) is 3.65. The van der Waals surface area contributed by atoms with E-state index in [1.807, 2.05) is 6.20 Å². The summed E-state index contributed by atoms with van der Waals surface area (Å²) in [5.74, 6) is 0. The monoisotopic (exact) mass is 254 g/mol. The van der Waals surface area contributed by atoms with Crippen LogP contribution in [0.3, 0.4) is 0 Å². The third-order valence-corrected chi connectivity index (χ3v) is 4.80. The Morgan fingerprint density at radius 2 is 2.18 bits per heavy atom. The Labute approximate surface area is 107 Å². The van der Waals surface area contributed by atoms with Crippen LogP contribution in [0.2, 0.25) is 0 Å². The highest BCUT2D eigenvalue weighted by Gasteiger charge is 2.30. The molecular formula is C13H22N2OS. The SMILES string of the molecule is CCc1ncc(CNC2(CO)CCCCC2)s1. The van der Waals surface area contributed by atoms with Crippen molar-refractivity contribution in [2.45, 2.75) is 57.5 Å². The number of nitrogens with one attached hydrogen (secondary N) is 1. The van der Waals surface area contributed by atoms with Gasteiger partial charge in [-0.25, -0.2) is 4.98 Å². The van der Waals surface area contributed by atoms with Gasteiger partial charge in [-0.3, -0.25) is 0 Å². The van der Waals surface area contributed by atoms with E-state index in [0.717, 1.165) is 25.8 Å². The van der Waals surface area contributed by atoms with E-state index in [4.69, 9.17) is 0 Å². The van der Waals surface area contributed by atoms with Crippen LogP contribution in [0.25, 0.3) is 0 Å². The molecule has 1 aliphatic carbocycles. The first-order chi connectivity index (χ1) is 8.28. The zero-order chi connectivity index (χ0) is 12.1. The molecule has 0 spiro atoms. The molecule has 0 saturated heterocycles. The fourth-order valence-corrected chi connectivity index (χ4v) is 3.29. The molecule has 0 aromatic carbocycles. The number of hydrogen-bond donors (Lipinski definition) is 2. The Hall–Kier alpha value is -0.450. The van der Waals surface area contributed by atoms with E-state index in [2.05, 4.69) is 17.2 Å². The average Bonchev–Trinajstić information content (AvgIpc) is 2.85. The molecule has 1 aliphatic rings. The van der Waals surface area contributed by atoms with Gasteiger partial charge in [0.05, 0.1) is 11.6 Å². The van der Waals surface area contributed by atoms with Crippen LogP contribution in [0.15, 0.2) is 6.20 Å². The van der Waals surface area contributed by atoms with Gasteiger partial charge in [0.2, 0.25) is 0 Å². The molecule has 2 N–H and O–H groups in total. The minimum absolute atomic E-state index is 0.0331. The fraction of sp³-hybridized carbons (Fsp3) is 0.769. The van der Waals surface area contributed by atoms with Gasteiger partial charge in [0.15, 0.2) is 0 Å². The molecule has 4 heteroatoms. The molecule has 1 heterocycles. The van der Waals surface area contributed by atoms with Crippen molar-refractivity contribution in [2.24, 2.45) is 0 Å². The second-order valence-electron chi connectivity index (χ2n) is 4.93. The summed E-state index contributed by atoms with van der Waals surface area (Å²) >= 11 is 1.78. The van der Waals surface area contributed by atoms with Gasteiger partial charge in [-0.1, -0.05) is 26.2 Å². The Bertz CT molecular complexity index is 345. The van der Waals surface area contributed by atoms with Crippen LogP contribution in [0, 0.1) is 0 Å². The number of aliphatic hydroxyl groups is 1. The van der Waals surface area contributed by atoms with Crippen molar-refractivity contribution in [1.29, 1.82) is 0 Å². The molecular weight excluding hydrogens is 232 g/mol. The third kappa shape index (κ3) is 3.27. The number of aliphatic hydroxyl groups excluding tert-OH is 1. The van der Waals surface area contributed by atoms with Crippen molar-refractivity contribution in [3.05, 3.63) is 16.1 Å². The second-order valence-corrected chi connectivity index (χ2v) is 6.13. The van der Waals surface area contributed by atoms with Crippen molar-refractivity contribution < 1.29 is 5.11 Å². The molecule has 0 amide bonds. The van der Waals surface area contributed by atoms with Crippen molar-refractivity contribution in [1.82, 2.24) is 10.3 Å². The number of thiazole rings is 1. The van der Waals surface area contributed by atoms with E-state index in [1.165, 1.54) is 29.1 Å². The van der Waals surface area contributed by atoms with Crippen LogP contribution < -0.4 is 5.32 Å². The summed E-state index contributed by atoms with van der Waals surface area (Å²) < 4.78 is 0. The van der Waals surface area contributed by atoms with E-state index in [9.17, 15) is 5.11 Å². The number of hydrogen-bond acceptors (Lipinski definition) is 4. The van der Waals surface area contributed by atoms with Crippen LogP contribution in [-0.2, 0) is 13.0 Å². The highest BCUT2D eigenvalue weighted by molar-refractivity contribution is 7.11. The smallest absolute Gasteiger partial charge is 0.0925 e. The molecule has 3 nitrogen and oxygen atoms in total. The predicted octanol–water partition coefficient (Wildman–Crippen LogP) is 2.49. The lowest BCUT2D eigenvalue weighted by Gasteiger charge is -2.36.